The van der Waals surface area contributed by atoms with Crippen LogP contribution >= 0.6 is 0 Å². The van der Waals surface area contributed by atoms with Crippen molar-refractivity contribution in [3.63, 3.8) is 0 Å². The van der Waals surface area contributed by atoms with E-state index < -0.39 is 5.54 Å². The van der Waals surface area contributed by atoms with Crippen LogP contribution < -0.4 is 10.6 Å². The highest BCUT2D eigenvalue weighted by Crippen LogP contribution is 2.26. The molecule has 1 aliphatic carbocycles. The van der Waals surface area contributed by atoms with Gasteiger partial charge in [-0.2, -0.15) is 5.10 Å². The largest absolute Gasteiger partial charge is 0.350 e. The van der Waals surface area contributed by atoms with Crippen molar-refractivity contribution in [1.29, 1.82) is 0 Å². The number of likely N-dealkylation sites (N-methyl/N-ethyl adjacent to an activating group) is 1. The second-order valence-corrected chi connectivity index (χ2v) is 9.18. The Hall–Kier alpha value is -3.23. The third-order valence-corrected chi connectivity index (χ3v) is 6.78. The van der Waals surface area contributed by atoms with Gasteiger partial charge in [0, 0.05) is 25.7 Å². The van der Waals surface area contributed by atoms with Gasteiger partial charge in [0.05, 0.1) is 6.54 Å². The molecule has 1 fully saturated rings. The van der Waals surface area contributed by atoms with Gasteiger partial charge in [-0.15, -0.1) is 0 Å². The number of aromatic nitrogens is 2. The Morgan fingerprint density at radius 3 is 2.48 bits per heavy atom. The number of nitrogens with one attached hydrogen (secondary N) is 2. The predicted molar refractivity (Wildman–Crippen MR) is 120 cm³/mol. The molecule has 8 nitrogen and oxygen atoms in total. The molecule has 0 unspecified atom stereocenters. The topological polar surface area (TPSA) is 96.3 Å². The van der Waals surface area contributed by atoms with Gasteiger partial charge in [0.1, 0.15) is 17.1 Å². The number of hydrogen-bond donors (Lipinski definition) is 2. The molecule has 0 saturated heterocycles. The van der Waals surface area contributed by atoms with E-state index in [2.05, 4.69) is 15.7 Å². The number of hydrogen-bond acceptors (Lipinski definition) is 4. The second-order valence-electron chi connectivity index (χ2n) is 9.18. The lowest BCUT2D eigenvalue weighted by Gasteiger charge is -2.40. The second kappa shape index (κ2) is 9.33. The van der Waals surface area contributed by atoms with Gasteiger partial charge in [0.15, 0.2) is 5.69 Å². The summed E-state index contributed by atoms with van der Waals surface area (Å²) in [6.07, 6.45) is 6.47. The van der Waals surface area contributed by atoms with E-state index in [9.17, 15) is 18.8 Å². The minimum absolute atomic E-state index is 0.122. The molecule has 0 radical (unpaired) electrons. The molecule has 0 spiro atoms. The molecule has 2 N–H and O–H groups in total. The van der Waals surface area contributed by atoms with E-state index in [0.29, 0.717) is 0 Å². The average Bonchev–Trinajstić information content (AvgIpc) is 3.05. The summed E-state index contributed by atoms with van der Waals surface area (Å²) >= 11 is 0. The van der Waals surface area contributed by atoms with E-state index in [1.807, 2.05) is 0 Å². The Morgan fingerprint density at radius 1 is 1.15 bits per heavy atom. The van der Waals surface area contributed by atoms with Gasteiger partial charge in [-0.3, -0.25) is 19.1 Å². The number of nitrogens with zero attached hydrogens (tertiary/aromatic N) is 3. The highest BCUT2D eigenvalue weighted by atomic mass is 19.1. The third kappa shape index (κ3) is 4.77. The first-order valence-electron chi connectivity index (χ1n) is 11.5. The molecule has 1 saturated carbocycles. The zero-order valence-corrected chi connectivity index (χ0v) is 19.1. The molecule has 1 atom stereocenters. The van der Waals surface area contributed by atoms with Crippen LogP contribution in [0.5, 0.6) is 0 Å². The monoisotopic (exact) mass is 455 g/mol. The maximum atomic E-state index is 13.1. The van der Waals surface area contributed by atoms with Gasteiger partial charge in [-0.1, -0.05) is 37.8 Å². The molecule has 3 amide bonds. The van der Waals surface area contributed by atoms with Crippen molar-refractivity contribution in [2.75, 3.05) is 7.05 Å². The predicted octanol–water partition coefficient (Wildman–Crippen LogP) is 2.64. The molecule has 0 bridgehead atoms. The summed E-state index contributed by atoms with van der Waals surface area (Å²) in [7, 11) is 1.57. The average molecular weight is 456 g/mol. The van der Waals surface area contributed by atoms with Crippen LogP contribution in [0.2, 0.25) is 0 Å². The van der Waals surface area contributed by atoms with E-state index in [4.69, 9.17) is 0 Å². The molecule has 1 aromatic heterocycles. The fourth-order valence-electron chi connectivity index (χ4n) is 4.50. The number of amides is 3. The van der Waals surface area contributed by atoms with Crippen molar-refractivity contribution in [1.82, 2.24) is 25.3 Å². The van der Waals surface area contributed by atoms with Crippen LogP contribution in [-0.2, 0) is 17.9 Å². The van der Waals surface area contributed by atoms with E-state index >= 15 is 0 Å². The quantitative estimate of drug-likeness (QED) is 0.678. The van der Waals surface area contributed by atoms with Gasteiger partial charge in [0.25, 0.3) is 11.8 Å². The van der Waals surface area contributed by atoms with Crippen LogP contribution in [0.15, 0.2) is 30.3 Å². The summed E-state index contributed by atoms with van der Waals surface area (Å²) < 4.78 is 14.6. The minimum Gasteiger partial charge on any atom is -0.350 e. The molecule has 4 rings (SSSR count). The maximum Gasteiger partial charge on any atom is 0.272 e. The van der Waals surface area contributed by atoms with Crippen molar-refractivity contribution < 1.29 is 18.8 Å². The molecular weight excluding hydrogens is 425 g/mol. The highest BCUT2D eigenvalue weighted by Gasteiger charge is 2.46. The van der Waals surface area contributed by atoms with E-state index in [1.165, 1.54) is 40.6 Å². The third-order valence-electron chi connectivity index (χ3n) is 6.78. The zero-order valence-electron chi connectivity index (χ0n) is 19.1. The number of carbonyl (C=O) groups is 3. The first-order chi connectivity index (χ1) is 15.8. The summed E-state index contributed by atoms with van der Waals surface area (Å²) in [4.78, 5) is 40.3. The normalized spacial score (nSPS) is 21.3. The molecule has 2 aliphatic rings. The fraction of sp³-hybridized carbons (Fsp3) is 0.500. The van der Waals surface area contributed by atoms with Gasteiger partial charge in [0.2, 0.25) is 5.91 Å². The van der Waals surface area contributed by atoms with Crippen LogP contribution in [0.4, 0.5) is 4.39 Å². The number of benzene rings is 1. The first kappa shape index (κ1) is 22.9. The van der Waals surface area contributed by atoms with Gasteiger partial charge < -0.3 is 15.5 Å². The van der Waals surface area contributed by atoms with E-state index in [-0.39, 0.29) is 54.1 Å². The van der Waals surface area contributed by atoms with Crippen molar-refractivity contribution in [3.05, 3.63) is 53.1 Å². The van der Waals surface area contributed by atoms with Crippen molar-refractivity contribution in [3.8, 4) is 0 Å². The van der Waals surface area contributed by atoms with E-state index in [0.717, 1.165) is 31.2 Å². The fourth-order valence-corrected chi connectivity index (χ4v) is 4.50. The smallest absolute Gasteiger partial charge is 0.272 e. The Morgan fingerprint density at radius 2 is 1.82 bits per heavy atom. The lowest BCUT2D eigenvalue weighted by Crippen LogP contribution is -2.62. The lowest BCUT2D eigenvalue weighted by atomic mass is 9.96. The lowest BCUT2D eigenvalue weighted by molar-refractivity contribution is -0.132. The number of rotatable bonds is 5. The Kier molecular flexibility index (Phi) is 6.49. The van der Waals surface area contributed by atoms with Gasteiger partial charge >= 0.3 is 0 Å². The minimum atomic E-state index is -1.19. The molecule has 2 aromatic rings. The Balaban J connectivity index is 1.47. The van der Waals surface area contributed by atoms with Gasteiger partial charge in [-0.05, 0) is 37.5 Å². The van der Waals surface area contributed by atoms with Crippen LogP contribution in [0.3, 0.4) is 0 Å². The molecule has 33 heavy (non-hydrogen) atoms. The van der Waals surface area contributed by atoms with Crippen LogP contribution in [-0.4, -0.2) is 51.0 Å². The van der Waals surface area contributed by atoms with Crippen LogP contribution in [0.25, 0.3) is 0 Å². The molecule has 2 heterocycles. The maximum absolute atomic E-state index is 13.1. The number of carbonyl (C=O) groups excluding carboxylic acids is 3. The standard InChI is InChI=1S/C24H30FN5O3/c1-24(23(33)26-14-16-9-11-17(25)12-10-16)15-30-20(22(32)29(24)2)13-19(28-30)21(31)27-18-7-5-3-4-6-8-18/h9-13,18H,3-8,14-15H2,1-2H3,(H,26,33)(H,27,31)/t24-/m1/s1. The number of halogens is 1. The zero-order chi connectivity index (χ0) is 23.6. The van der Waals surface area contributed by atoms with Crippen LogP contribution in [0, 0.1) is 5.82 Å². The SMILES string of the molecule is CN1C(=O)c2cc(C(=O)NC3CCCCCC3)nn2C[C@]1(C)C(=O)NCc1ccc(F)cc1. The molecule has 1 aliphatic heterocycles. The summed E-state index contributed by atoms with van der Waals surface area (Å²) in [5.41, 5.74) is 0.0280. The molecule has 1 aromatic carbocycles. The molecule has 176 valence electrons. The molecule has 9 heteroatoms. The Bertz CT molecular complexity index is 1040. The summed E-state index contributed by atoms with van der Waals surface area (Å²) in [5.74, 6) is -1.36. The van der Waals surface area contributed by atoms with Gasteiger partial charge in [-0.25, -0.2) is 4.39 Å². The Labute approximate surface area is 192 Å². The summed E-state index contributed by atoms with van der Waals surface area (Å²) in [6.45, 7) is 2.00. The van der Waals surface area contributed by atoms with E-state index in [1.54, 1.807) is 26.1 Å². The highest BCUT2D eigenvalue weighted by molar-refractivity contribution is 6.01. The van der Waals surface area contributed by atoms with Crippen molar-refractivity contribution in [2.24, 2.45) is 0 Å². The first-order valence-corrected chi connectivity index (χ1v) is 11.5. The summed E-state index contributed by atoms with van der Waals surface area (Å²) in [5, 5.41) is 10.2. The van der Waals surface area contributed by atoms with Crippen LogP contribution in [0.1, 0.15) is 72.0 Å². The van der Waals surface area contributed by atoms with Crippen molar-refractivity contribution >= 4 is 17.7 Å². The number of fused-ring (bicyclic) bond motifs is 1. The molecular formula is C24H30FN5O3. The summed E-state index contributed by atoms with van der Waals surface area (Å²) in [6, 6.07) is 7.48. The van der Waals surface area contributed by atoms with Crippen molar-refractivity contribution in [2.45, 2.75) is 70.1 Å².